The lowest BCUT2D eigenvalue weighted by molar-refractivity contribution is 0.102. The maximum atomic E-state index is 12.4. The first-order chi connectivity index (χ1) is 13.0. The molecule has 27 heavy (non-hydrogen) atoms. The molecule has 138 valence electrons. The van der Waals surface area contributed by atoms with Gasteiger partial charge in [0.15, 0.2) is 0 Å². The van der Waals surface area contributed by atoms with Crippen molar-refractivity contribution in [2.45, 2.75) is 13.3 Å². The van der Waals surface area contributed by atoms with Gasteiger partial charge in [0.2, 0.25) is 0 Å². The zero-order chi connectivity index (χ0) is 19.2. The second kappa shape index (κ2) is 8.36. The van der Waals surface area contributed by atoms with Crippen molar-refractivity contribution in [3.63, 3.8) is 0 Å². The van der Waals surface area contributed by atoms with Crippen LogP contribution in [0.2, 0.25) is 0 Å². The molecule has 1 amide bonds. The fourth-order valence-electron chi connectivity index (χ4n) is 2.63. The highest BCUT2D eigenvalue weighted by atomic mass is 16.1. The normalized spacial score (nSPS) is 10.3. The highest BCUT2D eigenvalue weighted by Crippen LogP contribution is 2.18. The number of carbonyl (C=O) groups excluding carboxylic acids is 1. The van der Waals surface area contributed by atoms with Crippen LogP contribution in [0.4, 0.5) is 22.7 Å². The first-order valence-electron chi connectivity index (χ1n) is 8.96. The molecule has 0 aliphatic rings. The number of nitrogens with zero attached hydrogens (tertiary/aromatic N) is 2. The Morgan fingerprint density at radius 3 is 2.07 bits per heavy atom. The van der Waals surface area contributed by atoms with Crippen LogP contribution in [-0.4, -0.2) is 25.0 Å². The van der Waals surface area contributed by atoms with E-state index in [2.05, 4.69) is 34.7 Å². The minimum atomic E-state index is -0.230. The Hall–Kier alpha value is -3.34. The number of rotatable bonds is 6. The average Bonchev–Trinajstić information content (AvgIpc) is 2.69. The summed E-state index contributed by atoms with van der Waals surface area (Å²) in [6, 6.07) is 19.5. The molecule has 0 saturated carbocycles. The van der Waals surface area contributed by atoms with E-state index in [-0.39, 0.29) is 5.91 Å². The predicted octanol–water partition coefficient (Wildman–Crippen LogP) is 4.71. The number of aryl methyl sites for hydroxylation is 1. The van der Waals surface area contributed by atoms with Crippen molar-refractivity contribution >= 4 is 28.7 Å². The molecule has 0 bridgehead atoms. The van der Waals surface area contributed by atoms with Gasteiger partial charge in [-0.05, 0) is 60.5 Å². The molecule has 0 fully saturated rings. The molecule has 0 saturated heterocycles. The monoisotopic (exact) mass is 360 g/mol. The number of amides is 1. The fourth-order valence-corrected chi connectivity index (χ4v) is 2.63. The van der Waals surface area contributed by atoms with Crippen LogP contribution >= 0.6 is 0 Å². The van der Waals surface area contributed by atoms with Gasteiger partial charge < -0.3 is 15.5 Å². The number of nitrogens with one attached hydrogen (secondary N) is 2. The first kappa shape index (κ1) is 18.5. The Morgan fingerprint density at radius 2 is 1.52 bits per heavy atom. The average molecular weight is 360 g/mol. The maximum absolute atomic E-state index is 12.4. The lowest BCUT2D eigenvalue weighted by Crippen LogP contribution is -2.14. The van der Waals surface area contributed by atoms with Gasteiger partial charge in [0.1, 0.15) is 5.69 Å². The molecule has 0 unspecified atom stereocenters. The van der Waals surface area contributed by atoms with Crippen molar-refractivity contribution < 1.29 is 4.79 Å². The summed E-state index contributed by atoms with van der Waals surface area (Å²) >= 11 is 0. The van der Waals surface area contributed by atoms with Crippen LogP contribution in [-0.2, 0) is 6.42 Å². The molecule has 2 aromatic carbocycles. The third-order valence-electron chi connectivity index (χ3n) is 4.29. The molecule has 0 aliphatic heterocycles. The van der Waals surface area contributed by atoms with Crippen molar-refractivity contribution in [2.75, 3.05) is 29.6 Å². The van der Waals surface area contributed by atoms with Gasteiger partial charge in [-0.2, -0.15) is 0 Å². The van der Waals surface area contributed by atoms with Crippen molar-refractivity contribution in [1.82, 2.24) is 4.98 Å². The van der Waals surface area contributed by atoms with Crippen LogP contribution in [0.15, 0.2) is 66.9 Å². The van der Waals surface area contributed by atoms with Crippen LogP contribution in [0, 0.1) is 0 Å². The van der Waals surface area contributed by atoms with Crippen LogP contribution in [0.3, 0.4) is 0 Å². The maximum Gasteiger partial charge on any atom is 0.274 e. The number of hydrogen-bond donors (Lipinski definition) is 2. The van der Waals surface area contributed by atoms with Gasteiger partial charge in [-0.15, -0.1) is 0 Å². The predicted molar refractivity (Wildman–Crippen MR) is 112 cm³/mol. The summed E-state index contributed by atoms with van der Waals surface area (Å²) in [6.45, 7) is 2.13. The third kappa shape index (κ3) is 4.85. The Balaban J connectivity index is 1.62. The molecule has 5 heteroatoms. The van der Waals surface area contributed by atoms with E-state index in [9.17, 15) is 4.79 Å². The SMILES string of the molecule is CCc1ccc(Nc2ccc(C(=O)Nc3ccc(N(C)C)cc3)nc2)cc1. The standard InChI is InChI=1S/C22H24N4O/c1-4-16-5-7-17(8-6-16)24-19-11-14-21(23-15-19)22(27)25-18-9-12-20(13-10-18)26(2)3/h5-15,24H,4H2,1-3H3,(H,25,27). The number of benzene rings is 2. The summed E-state index contributed by atoms with van der Waals surface area (Å²) in [5.41, 5.74) is 5.32. The fraction of sp³-hybridized carbons (Fsp3) is 0.182. The molecule has 3 rings (SSSR count). The number of aromatic nitrogens is 1. The molecule has 0 aliphatic carbocycles. The van der Waals surface area contributed by atoms with Crippen molar-refractivity contribution in [3.8, 4) is 0 Å². The van der Waals surface area contributed by atoms with Gasteiger partial charge in [-0.25, -0.2) is 4.98 Å². The van der Waals surface area contributed by atoms with Crippen LogP contribution < -0.4 is 15.5 Å². The highest BCUT2D eigenvalue weighted by Gasteiger charge is 2.08. The minimum absolute atomic E-state index is 0.230. The molecule has 0 spiro atoms. The van der Waals surface area contributed by atoms with E-state index in [4.69, 9.17) is 0 Å². The van der Waals surface area contributed by atoms with Gasteiger partial charge in [0.25, 0.3) is 5.91 Å². The largest absolute Gasteiger partial charge is 0.378 e. The summed E-state index contributed by atoms with van der Waals surface area (Å²) < 4.78 is 0. The Labute approximate surface area is 160 Å². The third-order valence-corrected chi connectivity index (χ3v) is 4.29. The van der Waals surface area contributed by atoms with E-state index < -0.39 is 0 Å². The molecule has 0 radical (unpaired) electrons. The smallest absolute Gasteiger partial charge is 0.274 e. The number of hydrogen-bond acceptors (Lipinski definition) is 4. The van der Waals surface area contributed by atoms with E-state index >= 15 is 0 Å². The van der Waals surface area contributed by atoms with E-state index in [1.54, 1.807) is 12.3 Å². The van der Waals surface area contributed by atoms with Gasteiger partial charge in [-0.1, -0.05) is 19.1 Å². The van der Waals surface area contributed by atoms with Crippen molar-refractivity contribution in [2.24, 2.45) is 0 Å². The number of anilines is 4. The van der Waals surface area contributed by atoms with Crippen LogP contribution in [0.5, 0.6) is 0 Å². The van der Waals surface area contributed by atoms with Crippen molar-refractivity contribution in [3.05, 3.63) is 78.1 Å². The second-order valence-electron chi connectivity index (χ2n) is 6.50. The molecule has 2 N–H and O–H groups in total. The van der Waals surface area contributed by atoms with Crippen molar-refractivity contribution in [1.29, 1.82) is 0 Å². The summed E-state index contributed by atoms with van der Waals surface area (Å²) in [7, 11) is 3.95. The first-order valence-corrected chi connectivity index (χ1v) is 8.96. The molecular weight excluding hydrogens is 336 g/mol. The summed E-state index contributed by atoms with van der Waals surface area (Å²) in [6.07, 6.45) is 2.68. The highest BCUT2D eigenvalue weighted by molar-refractivity contribution is 6.03. The van der Waals surface area contributed by atoms with E-state index in [0.717, 1.165) is 29.2 Å². The zero-order valence-corrected chi connectivity index (χ0v) is 15.9. The molecular formula is C22H24N4O. The molecule has 3 aromatic rings. The number of carbonyl (C=O) groups is 1. The van der Waals surface area contributed by atoms with Gasteiger partial charge in [0.05, 0.1) is 11.9 Å². The topological polar surface area (TPSA) is 57.3 Å². The zero-order valence-electron chi connectivity index (χ0n) is 15.9. The van der Waals surface area contributed by atoms with Gasteiger partial charge >= 0.3 is 0 Å². The quantitative estimate of drug-likeness (QED) is 0.669. The van der Waals surface area contributed by atoms with Gasteiger partial charge in [-0.3, -0.25) is 4.79 Å². The Kier molecular flexibility index (Phi) is 5.71. The molecule has 1 heterocycles. The number of pyridine rings is 1. The van der Waals surface area contributed by atoms with Crippen LogP contribution in [0.1, 0.15) is 23.0 Å². The van der Waals surface area contributed by atoms with Crippen LogP contribution in [0.25, 0.3) is 0 Å². The second-order valence-corrected chi connectivity index (χ2v) is 6.50. The Morgan fingerprint density at radius 1 is 0.889 bits per heavy atom. The lowest BCUT2D eigenvalue weighted by Gasteiger charge is -2.13. The molecule has 5 nitrogen and oxygen atoms in total. The Bertz CT molecular complexity index is 885. The summed E-state index contributed by atoms with van der Waals surface area (Å²) in [5.74, 6) is -0.230. The summed E-state index contributed by atoms with van der Waals surface area (Å²) in [5, 5.41) is 6.15. The molecule has 1 aromatic heterocycles. The molecule has 0 atom stereocenters. The summed E-state index contributed by atoms with van der Waals surface area (Å²) in [4.78, 5) is 18.6. The van der Waals surface area contributed by atoms with E-state index in [0.29, 0.717) is 5.69 Å². The van der Waals surface area contributed by atoms with E-state index in [1.165, 1.54) is 5.56 Å². The van der Waals surface area contributed by atoms with E-state index in [1.807, 2.05) is 61.5 Å². The lowest BCUT2D eigenvalue weighted by atomic mass is 10.1. The van der Waals surface area contributed by atoms with Gasteiger partial charge in [0, 0.05) is 31.2 Å². The minimum Gasteiger partial charge on any atom is -0.378 e.